The average molecular weight is 359 g/mol. The Morgan fingerprint density at radius 1 is 0.960 bits per heavy atom. The molecule has 2 amide bonds. The van der Waals surface area contributed by atoms with Crippen LogP contribution in [0.3, 0.4) is 0 Å². The lowest BCUT2D eigenvalue weighted by Gasteiger charge is -2.10. The minimum atomic E-state index is -0.430. The van der Waals surface area contributed by atoms with Crippen molar-refractivity contribution in [1.82, 2.24) is 5.32 Å². The Kier molecular flexibility index (Phi) is 6.59. The molecule has 0 atom stereocenters. The number of hydrogen-bond acceptors (Lipinski definition) is 3. The van der Waals surface area contributed by atoms with E-state index in [1.807, 2.05) is 6.92 Å². The van der Waals surface area contributed by atoms with Crippen molar-refractivity contribution in [3.05, 3.63) is 59.9 Å². The van der Waals surface area contributed by atoms with Crippen molar-refractivity contribution >= 4 is 40.5 Å². The second-order valence-electron chi connectivity index (χ2n) is 5.29. The van der Waals surface area contributed by atoms with Gasteiger partial charge in [0.15, 0.2) is 5.11 Å². The zero-order valence-corrected chi connectivity index (χ0v) is 14.5. The average Bonchev–Trinajstić information content (AvgIpc) is 2.57. The molecular formula is C18H18FN3O2S. The molecule has 0 bridgehead atoms. The Morgan fingerprint density at radius 3 is 2.08 bits per heavy atom. The summed E-state index contributed by atoms with van der Waals surface area (Å²) < 4.78 is 12.9. The van der Waals surface area contributed by atoms with Crippen molar-refractivity contribution in [2.45, 2.75) is 19.8 Å². The molecule has 2 aromatic rings. The number of rotatable bonds is 5. The first-order valence-electron chi connectivity index (χ1n) is 7.75. The fraction of sp³-hybridized carbons (Fsp3) is 0.167. The molecule has 7 heteroatoms. The van der Waals surface area contributed by atoms with Crippen LogP contribution in [0.15, 0.2) is 48.5 Å². The van der Waals surface area contributed by atoms with E-state index in [4.69, 9.17) is 12.2 Å². The van der Waals surface area contributed by atoms with Gasteiger partial charge in [0.25, 0.3) is 5.91 Å². The second kappa shape index (κ2) is 8.89. The molecule has 0 heterocycles. The first-order valence-corrected chi connectivity index (χ1v) is 8.16. The number of benzene rings is 2. The Hall–Kier alpha value is -2.80. The van der Waals surface area contributed by atoms with Gasteiger partial charge in [-0.1, -0.05) is 6.92 Å². The molecule has 25 heavy (non-hydrogen) atoms. The zero-order valence-electron chi connectivity index (χ0n) is 13.6. The topological polar surface area (TPSA) is 70.2 Å². The molecule has 0 radical (unpaired) electrons. The van der Waals surface area contributed by atoms with Gasteiger partial charge in [-0.3, -0.25) is 14.9 Å². The normalized spacial score (nSPS) is 10.0. The first-order chi connectivity index (χ1) is 12.0. The number of thiocarbonyl (C=S) groups is 1. The number of nitrogens with one attached hydrogen (secondary N) is 3. The third kappa shape index (κ3) is 5.96. The molecule has 0 aliphatic carbocycles. The second-order valence-corrected chi connectivity index (χ2v) is 5.70. The maximum atomic E-state index is 12.9. The summed E-state index contributed by atoms with van der Waals surface area (Å²) in [5, 5.41) is 8.29. The highest BCUT2D eigenvalue weighted by atomic mass is 32.1. The molecule has 130 valence electrons. The van der Waals surface area contributed by atoms with Gasteiger partial charge in [0, 0.05) is 23.4 Å². The number of anilines is 2. The predicted molar refractivity (Wildman–Crippen MR) is 100 cm³/mol. The van der Waals surface area contributed by atoms with Crippen LogP contribution in [-0.4, -0.2) is 16.9 Å². The summed E-state index contributed by atoms with van der Waals surface area (Å²) in [6, 6.07) is 12.1. The largest absolute Gasteiger partial charge is 0.332 e. The van der Waals surface area contributed by atoms with Gasteiger partial charge in [-0.05, 0) is 67.2 Å². The summed E-state index contributed by atoms with van der Waals surface area (Å²) in [6.45, 7) is 1.94. The number of carbonyl (C=O) groups is 2. The Labute approximate surface area is 150 Å². The molecule has 0 aromatic heterocycles. The highest BCUT2D eigenvalue weighted by Crippen LogP contribution is 2.14. The third-order valence-electron chi connectivity index (χ3n) is 3.24. The molecule has 0 spiro atoms. The van der Waals surface area contributed by atoms with Gasteiger partial charge in [0.2, 0.25) is 5.91 Å². The summed E-state index contributed by atoms with van der Waals surface area (Å²) in [6.07, 6.45) is 1.26. The molecular weight excluding hydrogens is 341 g/mol. The van der Waals surface area contributed by atoms with Gasteiger partial charge in [0.1, 0.15) is 5.82 Å². The standard InChI is InChI=1S/C18H18FN3O2S/c1-2-3-16(23)20-14-8-10-15(11-9-14)21-18(25)22-17(24)12-4-6-13(19)7-5-12/h4-11H,2-3H2,1H3,(H,20,23)(H2,21,22,24,25). The molecule has 0 saturated heterocycles. The SMILES string of the molecule is CCCC(=O)Nc1ccc(NC(=S)NC(=O)c2ccc(F)cc2)cc1. The van der Waals surface area contributed by atoms with Crippen LogP contribution in [0.4, 0.5) is 15.8 Å². The van der Waals surface area contributed by atoms with E-state index < -0.39 is 11.7 Å². The lowest BCUT2D eigenvalue weighted by Crippen LogP contribution is -2.34. The van der Waals surface area contributed by atoms with Gasteiger partial charge >= 0.3 is 0 Å². The van der Waals surface area contributed by atoms with Crippen LogP contribution in [0, 0.1) is 5.82 Å². The van der Waals surface area contributed by atoms with Crippen LogP contribution in [0.1, 0.15) is 30.1 Å². The first kappa shape index (κ1) is 18.5. The van der Waals surface area contributed by atoms with E-state index >= 15 is 0 Å². The predicted octanol–water partition coefficient (Wildman–Crippen LogP) is 3.69. The van der Waals surface area contributed by atoms with Gasteiger partial charge in [0.05, 0.1) is 0 Å². The highest BCUT2D eigenvalue weighted by Gasteiger charge is 2.08. The number of hydrogen-bond donors (Lipinski definition) is 3. The van der Waals surface area contributed by atoms with Crippen LogP contribution >= 0.6 is 12.2 Å². The van der Waals surface area contributed by atoms with Crippen molar-refractivity contribution in [2.75, 3.05) is 10.6 Å². The van der Waals surface area contributed by atoms with E-state index in [9.17, 15) is 14.0 Å². The summed E-state index contributed by atoms with van der Waals surface area (Å²) >= 11 is 5.09. The smallest absolute Gasteiger partial charge is 0.257 e. The molecule has 0 aliphatic rings. The zero-order chi connectivity index (χ0) is 18.2. The van der Waals surface area contributed by atoms with E-state index in [1.54, 1.807) is 24.3 Å². The Bertz CT molecular complexity index is 761. The van der Waals surface area contributed by atoms with E-state index in [0.717, 1.165) is 6.42 Å². The van der Waals surface area contributed by atoms with E-state index in [1.165, 1.54) is 24.3 Å². The molecule has 2 aromatic carbocycles. The van der Waals surface area contributed by atoms with Crippen molar-refractivity contribution in [1.29, 1.82) is 0 Å². The van der Waals surface area contributed by atoms with Crippen molar-refractivity contribution in [3.63, 3.8) is 0 Å². The number of amides is 2. The lowest BCUT2D eigenvalue weighted by molar-refractivity contribution is -0.116. The highest BCUT2D eigenvalue weighted by molar-refractivity contribution is 7.80. The minimum Gasteiger partial charge on any atom is -0.332 e. The summed E-state index contributed by atoms with van der Waals surface area (Å²) in [5.41, 5.74) is 1.66. The van der Waals surface area contributed by atoms with Crippen LogP contribution in [0.5, 0.6) is 0 Å². The third-order valence-corrected chi connectivity index (χ3v) is 3.44. The van der Waals surface area contributed by atoms with Gasteiger partial charge in [-0.25, -0.2) is 4.39 Å². The maximum absolute atomic E-state index is 12.9. The van der Waals surface area contributed by atoms with Crippen molar-refractivity contribution < 1.29 is 14.0 Å². The van der Waals surface area contributed by atoms with Crippen LogP contribution < -0.4 is 16.0 Å². The maximum Gasteiger partial charge on any atom is 0.257 e. The van der Waals surface area contributed by atoms with Crippen LogP contribution in [-0.2, 0) is 4.79 Å². The summed E-state index contributed by atoms with van der Waals surface area (Å²) in [7, 11) is 0. The lowest BCUT2D eigenvalue weighted by atomic mass is 10.2. The van der Waals surface area contributed by atoms with Gasteiger partial charge in [-0.15, -0.1) is 0 Å². The van der Waals surface area contributed by atoms with E-state index in [0.29, 0.717) is 23.4 Å². The quantitative estimate of drug-likeness (QED) is 0.712. The molecule has 0 saturated carbocycles. The van der Waals surface area contributed by atoms with E-state index in [-0.39, 0.29) is 11.0 Å². The fourth-order valence-electron chi connectivity index (χ4n) is 2.03. The number of halogens is 1. The molecule has 5 nitrogen and oxygen atoms in total. The molecule has 3 N–H and O–H groups in total. The minimum absolute atomic E-state index is 0.0368. The van der Waals surface area contributed by atoms with Gasteiger partial charge < -0.3 is 10.6 Å². The van der Waals surface area contributed by atoms with E-state index in [2.05, 4.69) is 16.0 Å². The molecule has 0 aliphatic heterocycles. The molecule has 0 unspecified atom stereocenters. The van der Waals surface area contributed by atoms with Crippen molar-refractivity contribution in [2.24, 2.45) is 0 Å². The Balaban J connectivity index is 1.88. The van der Waals surface area contributed by atoms with Crippen molar-refractivity contribution in [3.8, 4) is 0 Å². The summed E-state index contributed by atoms with van der Waals surface area (Å²) in [5.74, 6) is -0.880. The van der Waals surface area contributed by atoms with Crippen LogP contribution in [0.25, 0.3) is 0 Å². The molecule has 0 fully saturated rings. The van der Waals surface area contributed by atoms with Crippen LogP contribution in [0.2, 0.25) is 0 Å². The summed E-state index contributed by atoms with van der Waals surface area (Å²) in [4.78, 5) is 23.5. The monoisotopic (exact) mass is 359 g/mol. The Morgan fingerprint density at radius 2 is 1.52 bits per heavy atom. The fourth-order valence-corrected chi connectivity index (χ4v) is 2.24. The molecule has 2 rings (SSSR count). The van der Waals surface area contributed by atoms with Gasteiger partial charge in [-0.2, -0.15) is 0 Å². The number of carbonyl (C=O) groups excluding carboxylic acids is 2.